The van der Waals surface area contributed by atoms with Crippen LogP contribution >= 0.6 is 0 Å². The second-order valence-corrected chi connectivity index (χ2v) is 7.24. The molecule has 0 bridgehead atoms. The predicted molar refractivity (Wildman–Crippen MR) is 98.8 cm³/mol. The molecule has 10 heteroatoms. The van der Waals surface area contributed by atoms with E-state index >= 15 is 0 Å². The topological polar surface area (TPSA) is 65.4 Å². The number of nitrogens with zero attached hydrogens (tertiary/aromatic N) is 2. The standard InChI is InChI=1S/C18H18B2F2N2O4/c21-13-5-1-3-11-15(13)17(27-19(11)25)23-7-9-24(10-8-23)18-16-12(20(26)28-18)4-2-6-14(16)22/h1-6,17-18,25-26H,7-10H2. The lowest BCUT2D eigenvalue weighted by atomic mass is 9.79. The zero-order chi connectivity index (χ0) is 19.4. The normalized spacial score (nSPS) is 25.3. The Labute approximate surface area is 161 Å². The molecule has 144 valence electrons. The number of piperazine rings is 1. The summed E-state index contributed by atoms with van der Waals surface area (Å²) in [4.78, 5) is 3.89. The van der Waals surface area contributed by atoms with E-state index in [1.54, 1.807) is 24.3 Å². The van der Waals surface area contributed by atoms with Crippen molar-refractivity contribution in [3.05, 3.63) is 59.2 Å². The van der Waals surface area contributed by atoms with Gasteiger partial charge in [0.05, 0.1) is 0 Å². The van der Waals surface area contributed by atoms with Gasteiger partial charge in [-0.2, -0.15) is 0 Å². The highest BCUT2D eigenvalue weighted by Gasteiger charge is 2.44. The summed E-state index contributed by atoms with van der Waals surface area (Å²) in [6.07, 6.45) is -1.32. The Morgan fingerprint density at radius 2 is 1.14 bits per heavy atom. The Balaban J connectivity index is 1.33. The zero-order valence-electron chi connectivity index (χ0n) is 15.0. The molecule has 28 heavy (non-hydrogen) atoms. The second kappa shape index (κ2) is 6.91. The molecule has 0 amide bonds. The third-order valence-corrected chi connectivity index (χ3v) is 5.73. The van der Waals surface area contributed by atoms with Crippen LogP contribution in [0.15, 0.2) is 36.4 Å². The van der Waals surface area contributed by atoms with Gasteiger partial charge in [-0.25, -0.2) is 8.78 Å². The lowest BCUT2D eigenvalue weighted by Crippen LogP contribution is -2.49. The van der Waals surface area contributed by atoms with Crippen LogP contribution < -0.4 is 10.9 Å². The quantitative estimate of drug-likeness (QED) is 0.693. The fourth-order valence-corrected chi connectivity index (χ4v) is 4.33. The van der Waals surface area contributed by atoms with Crippen LogP contribution in [0, 0.1) is 11.6 Å². The summed E-state index contributed by atoms with van der Waals surface area (Å²) in [7, 11) is -2.30. The van der Waals surface area contributed by atoms with E-state index in [0.717, 1.165) is 0 Å². The molecule has 6 nitrogen and oxygen atoms in total. The fourth-order valence-electron chi connectivity index (χ4n) is 4.33. The van der Waals surface area contributed by atoms with Crippen molar-refractivity contribution < 1.29 is 28.1 Å². The molecule has 0 aliphatic carbocycles. The first-order valence-electron chi connectivity index (χ1n) is 9.26. The highest BCUT2D eigenvalue weighted by molar-refractivity contribution is 6.62. The van der Waals surface area contributed by atoms with Crippen LogP contribution in [0.3, 0.4) is 0 Å². The minimum Gasteiger partial charge on any atom is -0.423 e. The first kappa shape index (κ1) is 18.2. The van der Waals surface area contributed by atoms with Crippen molar-refractivity contribution in [1.29, 1.82) is 0 Å². The summed E-state index contributed by atoms with van der Waals surface area (Å²) in [5.41, 5.74) is 1.64. The first-order chi connectivity index (χ1) is 13.5. The summed E-state index contributed by atoms with van der Waals surface area (Å²) < 4.78 is 39.8. The molecule has 0 aromatic heterocycles. The first-order valence-corrected chi connectivity index (χ1v) is 9.26. The smallest absolute Gasteiger partial charge is 0.423 e. The fraction of sp³-hybridized carbons (Fsp3) is 0.333. The highest BCUT2D eigenvalue weighted by Crippen LogP contribution is 2.33. The van der Waals surface area contributed by atoms with Crippen molar-refractivity contribution in [2.45, 2.75) is 12.5 Å². The Kier molecular flexibility index (Phi) is 4.50. The van der Waals surface area contributed by atoms with Crippen LogP contribution in [0.25, 0.3) is 0 Å². The molecular weight excluding hydrogens is 368 g/mol. The van der Waals surface area contributed by atoms with E-state index in [1.807, 2.05) is 9.80 Å². The van der Waals surface area contributed by atoms with Gasteiger partial charge in [-0.1, -0.05) is 24.3 Å². The van der Waals surface area contributed by atoms with Gasteiger partial charge >= 0.3 is 14.2 Å². The van der Waals surface area contributed by atoms with Gasteiger partial charge < -0.3 is 19.4 Å². The average molecular weight is 386 g/mol. The van der Waals surface area contributed by atoms with Crippen molar-refractivity contribution in [3.8, 4) is 0 Å². The van der Waals surface area contributed by atoms with Crippen LogP contribution in [0.1, 0.15) is 23.6 Å². The molecule has 2 aromatic carbocycles. The molecule has 1 saturated heterocycles. The molecule has 2 unspecified atom stereocenters. The lowest BCUT2D eigenvalue weighted by Gasteiger charge is -2.40. The van der Waals surface area contributed by atoms with Crippen molar-refractivity contribution in [1.82, 2.24) is 9.80 Å². The Bertz CT molecular complexity index is 840. The molecule has 1 fully saturated rings. The molecule has 3 aliphatic rings. The Morgan fingerprint density at radius 3 is 1.54 bits per heavy atom. The third-order valence-electron chi connectivity index (χ3n) is 5.73. The molecule has 0 saturated carbocycles. The number of rotatable bonds is 2. The van der Waals surface area contributed by atoms with Crippen molar-refractivity contribution in [2.75, 3.05) is 26.2 Å². The molecule has 2 N–H and O–H groups in total. The third kappa shape index (κ3) is 2.80. The van der Waals surface area contributed by atoms with Crippen molar-refractivity contribution >= 4 is 25.2 Å². The van der Waals surface area contributed by atoms with Crippen molar-refractivity contribution in [2.24, 2.45) is 0 Å². The van der Waals surface area contributed by atoms with Crippen LogP contribution in [0.2, 0.25) is 0 Å². The Hall–Kier alpha value is -1.81. The molecule has 2 atom stereocenters. The summed E-state index contributed by atoms with van der Waals surface area (Å²) in [6.45, 7) is 2.08. The maximum absolute atomic E-state index is 14.3. The summed E-state index contributed by atoms with van der Waals surface area (Å²) >= 11 is 0. The zero-order valence-corrected chi connectivity index (χ0v) is 15.0. The molecule has 3 heterocycles. The van der Waals surface area contributed by atoms with Gasteiger partial charge in [-0.15, -0.1) is 0 Å². The number of hydrogen-bond donors (Lipinski definition) is 2. The molecule has 5 rings (SSSR count). The minimum atomic E-state index is -1.15. The van der Waals surface area contributed by atoms with Crippen molar-refractivity contribution in [3.63, 3.8) is 0 Å². The molecule has 2 aromatic rings. The summed E-state index contributed by atoms with van der Waals surface area (Å²) in [5.74, 6) is -0.806. The van der Waals surface area contributed by atoms with E-state index in [-0.39, 0.29) is 0 Å². The maximum atomic E-state index is 14.3. The number of fused-ring (bicyclic) bond motifs is 2. The summed E-state index contributed by atoms with van der Waals surface area (Å²) in [5, 5.41) is 20.2. The Morgan fingerprint density at radius 1 is 0.750 bits per heavy atom. The monoisotopic (exact) mass is 386 g/mol. The number of halogens is 2. The van der Waals surface area contributed by atoms with Gasteiger partial charge in [0.15, 0.2) is 0 Å². The number of benzene rings is 2. The van der Waals surface area contributed by atoms with Gasteiger partial charge in [-0.3, -0.25) is 9.80 Å². The predicted octanol–water partition coefficient (Wildman–Crippen LogP) is -0.285. The van der Waals surface area contributed by atoms with Gasteiger partial charge in [0.2, 0.25) is 0 Å². The minimum absolute atomic E-state index is 0.368. The SMILES string of the molecule is OB1OC(N2CCN(C3OB(O)c4cccc(F)c43)CC2)c2c(F)cccc21. The van der Waals surface area contributed by atoms with E-state index in [0.29, 0.717) is 48.2 Å². The van der Waals surface area contributed by atoms with E-state index in [2.05, 4.69) is 0 Å². The second-order valence-electron chi connectivity index (χ2n) is 7.24. The van der Waals surface area contributed by atoms with E-state index in [1.165, 1.54) is 12.1 Å². The largest absolute Gasteiger partial charge is 0.493 e. The van der Waals surface area contributed by atoms with Crippen LogP contribution in [-0.2, 0) is 9.31 Å². The van der Waals surface area contributed by atoms with Crippen LogP contribution in [0.4, 0.5) is 8.78 Å². The average Bonchev–Trinajstić information content (AvgIpc) is 3.22. The molecule has 0 radical (unpaired) electrons. The van der Waals surface area contributed by atoms with E-state index < -0.39 is 38.3 Å². The highest BCUT2D eigenvalue weighted by atomic mass is 19.1. The molecular formula is C18H18B2F2N2O4. The lowest BCUT2D eigenvalue weighted by molar-refractivity contribution is -0.0576. The van der Waals surface area contributed by atoms with E-state index in [9.17, 15) is 18.8 Å². The molecule has 3 aliphatic heterocycles. The van der Waals surface area contributed by atoms with Gasteiger partial charge in [0.25, 0.3) is 0 Å². The maximum Gasteiger partial charge on any atom is 0.493 e. The van der Waals surface area contributed by atoms with Gasteiger partial charge in [0.1, 0.15) is 24.1 Å². The van der Waals surface area contributed by atoms with Crippen LogP contribution in [0.5, 0.6) is 0 Å². The number of hydrogen-bond acceptors (Lipinski definition) is 6. The molecule has 0 spiro atoms. The van der Waals surface area contributed by atoms with E-state index in [4.69, 9.17) is 9.31 Å². The summed E-state index contributed by atoms with van der Waals surface area (Å²) in [6, 6.07) is 9.14. The van der Waals surface area contributed by atoms with Gasteiger partial charge in [-0.05, 0) is 23.1 Å². The van der Waals surface area contributed by atoms with Crippen LogP contribution in [-0.4, -0.2) is 60.3 Å². The van der Waals surface area contributed by atoms with Gasteiger partial charge in [0, 0.05) is 37.3 Å².